The lowest BCUT2D eigenvalue weighted by Crippen LogP contribution is -2.31. The number of rotatable bonds is 2. The third-order valence-electron chi connectivity index (χ3n) is 2.88. The monoisotopic (exact) mass is 315 g/mol. The summed E-state index contributed by atoms with van der Waals surface area (Å²) in [5, 5.41) is 3.22. The number of halogens is 1. The van der Waals surface area contributed by atoms with Gasteiger partial charge in [0.2, 0.25) is 0 Å². The van der Waals surface area contributed by atoms with Crippen molar-refractivity contribution in [3.63, 3.8) is 0 Å². The molecule has 1 fully saturated rings. The molecule has 18 heavy (non-hydrogen) atoms. The van der Waals surface area contributed by atoms with Gasteiger partial charge in [-0.15, -0.1) is 0 Å². The number of carbonyl (C=O) groups is 1. The van der Waals surface area contributed by atoms with Crippen molar-refractivity contribution in [3.05, 3.63) is 22.6 Å². The van der Waals surface area contributed by atoms with Crippen molar-refractivity contribution in [1.29, 1.82) is 0 Å². The highest BCUT2D eigenvalue weighted by Gasteiger charge is 2.38. The van der Waals surface area contributed by atoms with E-state index in [2.05, 4.69) is 21.2 Å². The molecule has 0 amide bonds. The summed E-state index contributed by atoms with van der Waals surface area (Å²) in [6.45, 7) is 7.02. The van der Waals surface area contributed by atoms with E-state index < -0.39 is 5.60 Å². The molecule has 1 aliphatic rings. The maximum absolute atomic E-state index is 12.1. The van der Waals surface area contributed by atoms with Crippen LogP contribution in [0.25, 0.3) is 0 Å². The molecule has 1 aliphatic heterocycles. The van der Waals surface area contributed by atoms with Crippen molar-refractivity contribution in [1.82, 2.24) is 5.32 Å². The number of hydrogen-bond acceptors (Lipinski definition) is 4. The average molecular weight is 316 g/mol. The van der Waals surface area contributed by atoms with E-state index in [-0.39, 0.29) is 17.8 Å². The molecule has 0 saturated carbocycles. The Hall–Kier alpha value is -0.810. The van der Waals surface area contributed by atoms with Crippen LogP contribution in [0.5, 0.6) is 0 Å². The van der Waals surface area contributed by atoms with Crippen LogP contribution >= 0.6 is 15.9 Å². The zero-order valence-corrected chi connectivity index (χ0v) is 12.4. The first kappa shape index (κ1) is 13.6. The van der Waals surface area contributed by atoms with Gasteiger partial charge in [-0.1, -0.05) is 0 Å². The second-order valence-corrected chi connectivity index (χ2v) is 6.33. The van der Waals surface area contributed by atoms with Gasteiger partial charge in [-0.25, -0.2) is 0 Å². The molecule has 1 aromatic heterocycles. The number of nitrogens with one attached hydrogen (secondary N) is 1. The molecule has 5 heteroatoms. The van der Waals surface area contributed by atoms with Crippen LogP contribution in [0.3, 0.4) is 0 Å². The molecule has 2 heterocycles. The van der Waals surface area contributed by atoms with Crippen LogP contribution in [0, 0.1) is 5.92 Å². The zero-order chi connectivity index (χ0) is 13.3. The Balaban J connectivity index is 2.10. The van der Waals surface area contributed by atoms with E-state index in [9.17, 15) is 4.79 Å². The fraction of sp³-hybridized carbons (Fsp3) is 0.615. The van der Waals surface area contributed by atoms with Gasteiger partial charge in [0.15, 0.2) is 4.67 Å². The van der Waals surface area contributed by atoms with Crippen molar-refractivity contribution < 1.29 is 13.9 Å². The maximum atomic E-state index is 12.1. The van der Waals surface area contributed by atoms with Crippen molar-refractivity contribution in [2.24, 2.45) is 5.92 Å². The van der Waals surface area contributed by atoms with Gasteiger partial charge in [-0.2, -0.15) is 0 Å². The summed E-state index contributed by atoms with van der Waals surface area (Å²) in [4.78, 5) is 12.1. The third-order valence-corrected chi connectivity index (χ3v) is 3.31. The highest BCUT2D eigenvalue weighted by Crippen LogP contribution is 2.32. The van der Waals surface area contributed by atoms with Crippen molar-refractivity contribution >= 4 is 21.9 Å². The first-order valence-electron chi connectivity index (χ1n) is 6.05. The minimum absolute atomic E-state index is 0.0474. The molecule has 1 saturated heterocycles. The third kappa shape index (κ3) is 3.14. The summed E-state index contributed by atoms with van der Waals surface area (Å²) in [5.74, 6) is 0.529. The predicted molar refractivity (Wildman–Crippen MR) is 71.4 cm³/mol. The Morgan fingerprint density at radius 2 is 2.17 bits per heavy atom. The molecular weight excluding hydrogens is 298 g/mol. The lowest BCUT2D eigenvalue weighted by molar-refractivity contribution is -0.159. The molecule has 1 N–H and O–H groups in total. The molecule has 1 aromatic rings. The van der Waals surface area contributed by atoms with Gasteiger partial charge in [0.25, 0.3) is 0 Å². The quantitative estimate of drug-likeness (QED) is 0.852. The maximum Gasteiger partial charge on any atom is 0.311 e. The van der Waals surface area contributed by atoms with E-state index in [1.807, 2.05) is 32.9 Å². The van der Waals surface area contributed by atoms with Crippen molar-refractivity contribution in [2.75, 3.05) is 13.1 Å². The number of furan rings is 1. The summed E-state index contributed by atoms with van der Waals surface area (Å²) in [5.41, 5.74) is -0.450. The summed E-state index contributed by atoms with van der Waals surface area (Å²) in [6, 6.07) is 3.75. The lowest BCUT2D eigenvalue weighted by atomic mass is 9.93. The van der Waals surface area contributed by atoms with Crippen LogP contribution in [0.2, 0.25) is 0 Å². The van der Waals surface area contributed by atoms with E-state index in [1.165, 1.54) is 0 Å². The Morgan fingerprint density at radius 1 is 1.44 bits per heavy atom. The second-order valence-electron chi connectivity index (χ2n) is 5.55. The van der Waals surface area contributed by atoms with Gasteiger partial charge in [0, 0.05) is 19.0 Å². The molecule has 0 radical (unpaired) electrons. The highest BCUT2D eigenvalue weighted by molar-refractivity contribution is 9.10. The zero-order valence-electron chi connectivity index (χ0n) is 10.8. The minimum atomic E-state index is -0.450. The largest absolute Gasteiger partial charge is 0.460 e. The summed E-state index contributed by atoms with van der Waals surface area (Å²) in [6.07, 6.45) is 0. The summed E-state index contributed by atoms with van der Waals surface area (Å²) < 4.78 is 11.7. The van der Waals surface area contributed by atoms with E-state index in [0.29, 0.717) is 11.2 Å². The molecular formula is C13H18BrNO3. The minimum Gasteiger partial charge on any atom is -0.460 e. The molecule has 0 aliphatic carbocycles. The molecule has 0 bridgehead atoms. The fourth-order valence-corrected chi connectivity index (χ4v) is 2.45. The van der Waals surface area contributed by atoms with Crippen molar-refractivity contribution in [3.8, 4) is 0 Å². The summed E-state index contributed by atoms with van der Waals surface area (Å²) in [7, 11) is 0. The molecule has 0 spiro atoms. The number of ether oxygens (including phenoxy) is 1. The molecule has 100 valence electrons. The van der Waals surface area contributed by atoms with Crippen LogP contribution in [0.4, 0.5) is 0 Å². The summed E-state index contributed by atoms with van der Waals surface area (Å²) >= 11 is 3.28. The molecule has 2 unspecified atom stereocenters. The van der Waals surface area contributed by atoms with Gasteiger partial charge >= 0.3 is 5.97 Å². The SMILES string of the molecule is CC(C)(C)OC(=O)C1CNCC1c1ccc(Br)o1. The van der Waals surface area contributed by atoms with Crippen LogP contribution < -0.4 is 5.32 Å². The Morgan fingerprint density at radius 3 is 2.72 bits per heavy atom. The molecule has 4 nitrogen and oxygen atoms in total. The molecule has 0 aromatic carbocycles. The van der Waals surface area contributed by atoms with Crippen LogP contribution in [0.15, 0.2) is 21.2 Å². The number of carbonyl (C=O) groups excluding carboxylic acids is 1. The van der Waals surface area contributed by atoms with E-state index in [0.717, 1.165) is 12.3 Å². The van der Waals surface area contributed by atoms with Gasteiger partial charge in [0.05, 0.1) is 5.92 Å². The lowest BCUT2D eigenvalue weighted by Gasteiger charge is -2.23. The van der Waals surface area contributed by atoms with Gasteiger partial charge in [-0.05, 0) is 48.8 Å². The van der Waals surface area contributed by atoms with E-state index >= 15 is 0 Å². The first-order chi connectivity index (χ1) is 8.37. The first-order valence-corrected chi connectivity index (χ1v) is 6.85. The Labute approximate surface area is 115 Å². The van der Waals surface area contributed by atoms with Gasteiger partial charge in [-0.3, -0.25) is 4.79 Å². The Bertz CT molecular complexity index is 436. The Kier molecular flexibility index (Phi) is 3.82. The van der Waals surface area contributed by atoms with Crippen LogP contribution in [0.1, 0.15) is 32.4 Å². The molecule has 2 rings (SSSR count). The van der Waals surface area contributed by atoms with Gasteiger partial charge < -0.3 is 14.5 Å². The number of hydrogen-bond donors (Lipinski definition) is 1. The topological polar surface area (TPSA) is 51.5 Å². The highest BCUT2D eigenvalue weighted by atomic mass is 79.9. The van der Waals surface area contributed by atoms with E-state index in [1.54, 1.807) is 0 Å². The van der Waals surface area contributed by atoms with Crippen LogP contribution in [-0.2, 0) is 9.53 Å². The van der Waals surface area contributed by atoms with Gasteiger partial charge in [0.1, 0.15) is 11.4 Å². The standard InChI is InChI=1S/C13H18BrNO3/c1-13(2,3)18-12(16)9-7-15-6-8(9)10-4-5-11(14)17-10/h4-5,8-9,15H,6-7H2,1-3H3. The average Bonchev–Trinajstić information content (AvgIpc) is 2.81. The predicted octanol–water partition coefficient (Wildman–Crippen LogP) is 2.69. The smallest absolute Gasteiger partial charge is 0.311 e. The normalized spacial score (nSPS) is 24.2. The fourth-order valence-electron chi connectivity index (χ4n) is 2.13. The van der Waals surface area contributed by atoms with Crippen molar-refractivity contribution in [2.45, 2.75) is 32.3 Å². The van der Waals surface area contributed by atoms with Crippen LogP contribution in [-0.4, -0.2) is 24.7 Å². The second kappa shape index (κ2) is 5.05. The number of esters is 1. The van der Waals surface area contributed by atoms with E-state index in [4.69, 9.17) is 9.15 Å². The molecule has 2 atom stereocenters.